The van der Waals surface area contributed by atoms with Crippen LogP contribution in [0.25, 0.3) is 0 Å². The van der Waals surface area contributed by atoms with Gasteiger partial charge >= 0.3 is 0 Å². The van der Waals surface area contributed by atoms with Gasteiger partial charge in [0, 0.05) is 5.02 Å². The molecule has 5 nitrogen and oxygen atoms in total. The molecule has 0 aliphatic heterocycles. The van der Waals surface area contributed by atoms with E-state index >= 15 is 0 Å². The van der Waals surface area contributed by atoms with Crippen molar-refractivity contribution in [2.24, 2.45) is 0 Å². The second-order valence-corrected chi connectivity index (χ2v) is 5.65. The summed E-state index contributed by atoms with van der Waals surface area (Å²) in [6, 6.07) is 6.24. The molecule has 1 heterocycles. The first-order valence-corrected chi connectivity index (χ1v) is 7.33. The van der Waals surface area contributed by atoms with Crippen LogP contribution in [0.4, 0.5) is 0 Å². The Morgan fingerprint density at radius 1 is 1.19 bits per heavy atom. The van der Waals surface area contributed by atoms with Crippen molar-refractivity contribution in [3.05, 3.63) is 50.1 Å². The first-order valence-electron chi connectivity index (χ1n) is 5.70. The molecule has 0 fully saturated rings. The fourth-order valence-corrected chi connectivity index (χ4v) is 2.78. The van der Waals surface area contributed by atoms with Gasteiger partial charge in [0.1, 0.15) is 5.75 Å². The van der Waals surface area contributed by atoms with Gasteiger partial charge in [0.15, 0.2) is 0 Å². The summed E-state index contributed by atoms with van der Waals surface area (Å²) in [5.41, 5.74) is 4.72. The minimum Gasteiger partial charge on any atom is -0.494 e. The van der Waals surface area contributed by atoms with Gasteiger partial charge in [0.05, 0.1) is 22.6 Å². The van der Waals surface area contributed by atoms with Gasteiger partial charge in [-0.15, -0.1) is 11.3 Å². The smallest absolute Gasteiger partial charge is 0.279 e. The molecule has 1 aromatic carbocycles. The van der Waals surface area contributed by atoms with Crippen LogP contribution in [-0.2, 0) is 0 Å². The Kier molecular flexibility index (Phi) is 5.06. The van der Waals surface area contributed by atoms with Gasteiger partial charge < -0.3 is 4.74 Å². The van der Waals surface area contributed by atoms with Crippen molar-refractivity contribution in [2.45, 2.75) is 0 Å². The molecule has 0 radical (unpaired) electrons. The third-order valence-electron chi connectivity index (χ3n) is 2.49. The average Bonchev–Trinajstić information content (AvgIpc) is 2.97. The van der Waals surface area contributed by atoms with Crippen LogP contribution in [0.5, 0.6) is 5.75 Å². The van der Waals surface area contributed by atoms with Gasteiger partial charge in [0.2, 0.25) is 0 Å². The molecule has 2 aromatic rings. The summed E-state index contributed by atoms with van der Waals surface area (Å²) in [6.07, 6.45) is 0. The predicted octanol–water partition coefficient (Wildman–Crippen LogP) is 3.14. The Hall–Kier alpha value is -1.76. The standard InChI is InChI=1S/C13H10Cl2N2O3S/c1-20-11-8(5-7(14)6-9(11)15)12(18)16-17-13(19)10-3-2-4-21-10/h2-6H,1H3,(H,16,18)(H,17,19). The molecule has 0 aliphatic rings. The van der Waals surface area contributed by atoms with Crippen LogP contribution < -0.4 is 15.6 Å². The molecule has 0 atom stereocenters. The minimum atomic E-state index is -0.582. The van der Waals surface area contributed by atoms with Crippen molar-refractivity contribution >= 4 is 46.4 Å². The second kappa shape index (κ2) is 6.80. The quantitative estimate of drug-likeness (QED) is 0.840. The summed E-state index contributed by atoms with van der Waals surface area (Å²) in [5, 5.41) is 2.26. The molecule has 2 rings (SSSR count). The highest BCUT2D eigenvalue weighted by atomic mass is 35.5. The van der Waals surface area contributed by atoms with Gasteiger partial charge in [-0.25, -0.2) is 0 Å². The lowest BCUT2D eigenvalue weighted by molar-refractivity contribution is 0.0847. The number of hydrogen-bond acceptors (Lipinski definition) is 4. The highest BCUT2D eigenvalue weighted by molar-refractivity contribution is 7.12. The van der Waals surface area contributed by atoms with Gasteiger partial charge in [0.25, 0.3) is 11.8 Å². The summed E-state index contributed by atoms with van der Waals surface area (Å²) in [4.78, 5) is 24.3. The van der Waals surface area contributed by atoms with Gasteiger partial charge in [-0.05, 0) is 23.6 Å². The molecule has 2 N–H and O–H groups in total. The number of carbonyl (C=O) groups excluding carboxylic acids is 2. The molecule has 8 heteroatoms. The van der Waals surface area contributed by atoms with E-state index in [1.165, 1.54) is 30.6 Å². The molecule has 2 amide bonds. The number of rotatable bonds is 3. The van der Waals surface area contributed by atoms with Crippen molar-refractivity contribution in [3.8, 4) is 5.75 Å². The number of thiophene rings is 1. The number of nitrogens with one attached hydrogen (secondary N) is 2. The zero-order chi connectivity index (χ0) is 15.4. The molecule has 1 aromatic heterocycles. The van der Waals surface area contributed by atoms with Crippen LogP contribution in [0, 0.1) is 0 Å². The Balaban J connectivity index is 2.12. The topological polar surface area (TPSA) is 67.4 Å². The molecule has 0 unspecified atom stereocenters. The summed E-state index contributed by atoms with van der Waals surface area (Å²) in [6.45, 7) is 0. The van der Waals surface area contributed by atoms with Gasteiger partial charge in [-0.2, -0.15) is 0 Å². The average molecular weight is 345 g/mol. The third kappa shape index (κ3) is 3.66. The maximum atomic E-state index is 12.1. The number of benzene rings is 1. The lowest BCUT2D eigenvalue weighted by atomic mass is 10.2. The van der Waals surface area contributed by atoms with Crippen LogP contribution in [-0.4, -0.2) is 18.9 Å². The summed E-state index contributed by atoms with van der Waals surface area (Å²) in [7, 11) is 1.39. The van der Waals surface area contributed by atoms with E-state index in [0.717, 1.165) is 0 Å². The zero-order valence-electron chi connectivity index (χ0n) is 10.8. The summed E-state index contributed by atoms with van der Waals surface area (Å²) >= 11 is 13.1. The van der Waals surface area contributed by atoms with E-state index in [9.17, 15) is 9.59 Å². The monoisotopic (exact) mass is 344 g/mol. The molecule has 0 spiro atoms. The van der Waals surface area contributed by atoms with Crippen molar-refractivity contribution in [1.29, 1.82) is 0 Å². The van der Waals surface area contributed by atoms with E-state index < -0.39 is 11.8 Å². The summed E-state index contributed by atoms with van der Waals surface area (Å²) in [5.74, 6) is -0.810. The van der Waals surface area contributed by atoms with Crippen LogP contribution in [0.2, 0.25) is 10.0 Å². The number of methoxy groups -OCH3 is 1. The van der Waals surface area contributed by atoms with Gasteiger partial charge in [-0.3, -0.25) is 20.4 Å². The van der Waals surface area contributed by atoms with E-state index in [1.807, 2.05) is 0 Å². The molecule has 21 heavy (non-hydrogen) atoms. The van der Waals surface area contributed by atoms with Crippen LogP contribution >= 0.6 is 34.5 Å². The maximum absolute atomic E-state index is 12.1. The Labute approximate surface area is 134 Å². The number of ether oxygens (including phenoxy) is 1. The number of carbonyl (C=O) groups is 2. The Morgan fingerprint density at radius 3 is 2.52 bits per heavy atom. The lowest BCUT2D eigenvalue weighted by Gasteiger charge is -2.11. The minimum absolute atomic E-state index is 0.126. The fraction of sp³-hybridized carbons (Fsp3) is 0.0769. The number of amides is 2. The van der Waals surface area contributed by atoms with E-state index in [4.69, 9.17) is 27.9 Å². The first kappa shape index (κ1) is 15.6. The number of hydrogen-bond donors (Lipinski definition) is 2. The van der Waals surface area contributed by atoms with E-state index in [1.54, 1.807) is 17.5 Å². The lowest BCUT2D eigenvalue weighted by Crippen LogP contribution is -2.41. The molecular weight excluding hydrogens is 335 g/mol. The number of halogens is 2. The van der Waals surface area contributed by atoms with Crippen molar-refractivity contribution in [3.63, 3.8) is 0 Å². The fourth-order valence-electron chi connectivity index (χ4n) is 1.59. The molecule has 0 bridgehead atoms. The van der Waals surface area contributed by atoms with Crippen molar-refractivity contribution < 1.29 is 14.3 Å². The predicted molar refractivity (Wildman–Crippen MR) is 82.3 cm³/mol. The Morgan fingerprint density at radius 2 is 1.90 bits per heavy atom. The van der Waals surface area contributed by atoms with E-state index in [2.05, 4.69) is 10.9 Å². The molecule has 0 aliphatic carbocycles. The second-order valence-electron chi connectivity index (χ2n) is 3.85. The SMILES string of the molecule is COc1c(Cl)cc(Cl)cc1C(=O)NNC(=O)c1cccs1. The van der Waals surface area contributed by atoms with Crippen LogP contribution in [0.15, 0.2) is 29.6 Å². The maximum Gasteiger partial charge on any atom is 0.279 e. The highest BCUT2D eigenvalue weighted by Gasteiger charge is 2.17. The normalized spacial score (nSPS) is 10.0. The van der Waals surface area contributed by atoms with E-state index in [-0.39, 0.29) is 21.4 Å². The largest absolute Gasteiger partial charge is 0.494 e. The van der Waals surface area contributed by atoms with Crippen LogP contribution in [0.3, 0.4) is 0 Å². The van der Waals surface area contributed by atoms with Gasteiger partial charge in [-0.1, -0.05) is 29.3 Å². The van der Waals surface area contributed by atoms with Crippen molar-refractivity contribution in [2.75, 3.05) is 7.11 Å². The van der Waals surface area contributed by atoms with Crippen LogP contribution in [0.1, 0.15) is 20.0 Å². The zero-order valence-corrected chi connectivity index (χ0v) is 13.1. The molecule has 0 saturated heterocycles. The molecule has 110 valence electrons. The highest BCUT2D eigenvalue weighted by Crippen LogP contribution is 2.31. The molecule has 0 saturated carbocycles. The Bertz CT molecular complexity index is 674. The number of hydrazine groups is 1. The first-order chi connectivity index (χ1) is 10.0. The molecular formula is C13H10Cl2N2O3S. The van der Waals surface area contributed by atoms with Crippen molar-refractivity contribution in [1.82, 2.24) is 10.9 Å². The van der Waals surface area contributed by atoms with E-state index in [0.29, 0.717) is 4.88 Å². The summed E-state index contributed by atoms with van der Waals surface area (Å²) < 4.78 is 5.07. The third-order valence-corrected chi connectivity index (χ3v) is 3.86.